The first kappa shape index (κ1) is 12.6. The highest BCUT2D eigenvalue weighted by molar-refractivity contribution is 5.74. The lowest BCUT2D eigenvalue weighted by molar-refractivity contribution is -0.146. The molecule has 88 valence electrons. The van der Waals surface area contributed by atoms with Gasteiger partial charge in [0.1, 0.15) is 5.75 Å². The molecule has 0 saturated carbocycles. The number of rotatable bonds is 4. The molecule has 1 aromatic rings. The molecule has 3 nitrogen and oxygen atoms in total. The molecule has 0 aliphatic rings. The Labute approximate surface area is 96.1 Å². The monoisotopic (exact) mass is 222 g/mol. The van der Waals surface area contributed by atoms with Crippen molar-refractivity contribution in [1.29, 1.82) is 0 Å². The van der Waals surface area contributed by atoms with Crippen LogP contribution in [0.25, 0.3) is 0 Å². The summed E-state index contributed by atoms with van der Waals surface area (Å²) in [6.45, 7) is 5.44. The van der Waals surface area contributed by atoms with Crippen molar-refractivity contribution < 1.29 is 14.6 Å². The van der Waals surface area contributed by atoms with E-state index in [2.05, 4.69) is 0 Å². The van der Waals surface area contributed by atoms with Gasteiger partial charge in [-0.3, -0.25) is 4.79 Å². The molecule has 0 atom stereocenters. The second-order valence-electron chi connectivity index (χ2n) is 4.66. The lowest BCUT2D eigenvalue weighted by atomic mass is 9.84. The lowest BCUT2D eigenvalue weighted by Crippen LogP contribution is -2.26. The molecule has 0 bridgehead atoms. The molecular formula is C13H18O3. The van der Waals surface area contributed by atoms with Crippen molar-refractivity contribution in [2.24, 2.45) is 5.41 Å². The molecule has 1 N–H and O–H groups in total. The van der Waals surface area contributed by atoms with Gasteiger partial charge in [-0.2, -0.15) is 0 Å². The fourth-order valence-corrected chi connectivity index (χ4v) is 1.55. The second kappa shape index (κ2) is 4.56. The van der Waals surface area contributed by atoms with E-state index in [0.717, 1.165) is 16.9 Å². The first-order chi connectivity index (χ1) is 7.36. The topological polar surface area (TPSA) is 46.5 Å². The van der Waals surface area contributed by atoms with E-state index < -0.39 is 11.4 Å². The average molecular weight is 222 g/mol. The maximum atomic E-state index is 11.0. The first-order valence-electron chi connectivity index (χ1n) is 5.24. The molecular weight excluding hydrogens is 204 g/mol. The molecule has 0 aromatic heterocycles. The van der Waals surface area contributed by atoms with E-state index in [-0.39, 0.29) is 0 Å². The van der Waals surface area contributed by atoms with Crippen LogP contribution in [0.1, 0.15) is 25.0 Å². The molecule has 1 rings (SSSR count). The lowest BCUT2D eigenvalue weighted by Gasteiger charge is -2.20. The summed E-state index contributed by atoms with van der Waals surface area (Å²) in [6.07, 6.45) is 0.526. The number of methoxy groups -OCH3 is 1. The summed E-state index contributed by atoms with van der Waals surface area (Å²) in [5, 5.41) is 9.07. The number of hydrogen-bond donors (Lipinski definition) is 1. The van der Waals surface area contributed by atoms with Crippen molar-refractivity contribution in [2.45, 2.75) is 27.2 Å². The van der Waals surface area contributed by atoms with Gasteiger partial charge in [-0.25, -0.2) is 0 Å². The minimum atomic E-state index is -0.775. The Balaban J connectivity index is 2.94. The molecule has 0 spiro atoms. The van der Waals surface area contributed by atoms with Crippen molar-refractivity contribution in [1.82, 2.24) is 0 Å². The van der Waals surface area contributed by atoms with Gasteiger partial charge in [-0.15, -0.1) is 0 Å². The van der Waals surface area contributed by atoms with Gasteiger partial charge in [0.25, 0.3) is 0 Å². The van der Waals surface area contributed by atoms with Crippen LogP contribution in [0.3, 0.4) is 0 Å². The van der Waals surface area contributed by atoms with E-state index >= 15 is 0 Å². The number of carboxylic acids is 1. The Bertz CT molecular complexity index is 394. The molecule has 0 saturated heterocycles. The van der Waals surface area contributed by atoms with Crippen molar-refractivity contribution in [3.05, 3.63) is 29.3 Å². The van der Waals surface area contributed by atoms with E-state index in [9.17, 15) is 4.79 Å². The van der Waals surface area contributed by atoms with Crippen LogP contribution in [0.4, 0.5) is 0 Å². The molecule has 0 amide bonds. The minimum Gasteiger partial charge on any atom is -0.497 e. The van der Waals surface area contributed by atoms with Crippen LogP contribution >= 0.6 is 0 Å². The number of aliphatic carboxylic acids is 1. The summed E-state index contributed by atoms with van der Waals surface area (Å²) in [4.78, 5) is 11.0. The van der Waals surface area contributed by atoms with E-state index in [1.54, 1.807) is 21.0 Å². The van der Waals surface area contributed by atoms with E-state index in [4.69, 9.17) is 9.84 Å². The molecule has 0 fully saturated rings. The van der Waals surface area contributed by atoms with Gasteiger partial charge in [-0.05, 0) is 50.5 Å². The third kappa shape index (κ3) is 2.75. The predicted octanol–water partition coefficient (Wildman–Crippen LogP) is 2.66. The summed E-state index contributed by atoms with van der Waals surface area (Å²) in [5.41, 5.74) is 1.38. The highest BCUT2D eigenvalue weighted by Crippen LogP contribution is 2.26. The first-order valence-corrected chi connectivity index (χ1v) is 5.24. The Morgan fingerprint density at radius 1 is 1.44 bits per heavy atom. The van der Waals surface area contributed by atoms with Crippen LogP contribution < -0.4 is 4.74 Å². The Kier molecular flexibility index (Phi) is 3.58. The number of hydrogen-bond acceptors (Lipinski definition) is 2. The van der Waals surface area contributed by atoms with Crippen molar-refractivity contribution in [3.8, 4) is 5.75 Å². The van der Waals surface area contributed by atoms with Crippen LogP contribution in [-0.2, 0) is 11.2 Å². The number of carboxylic acid groups (broad SMARTS) is 1. The van der Waals surface area contributed by atoms with Gasteiger partial charge in [-0.1, -0.05) is 6.07 Å². The quantitative estimate of drug-likeness (QED) is 0.851. The average Bonchev–Trinajstić information content (AvgIpc) is 2.20. The third-order valence-corrected chi connectivity index (χ3v) is 2.76. The number of aryl methyl sites for hydroxylation is 1. The Morgan fingerprint density at radius 3 is 2.50 bits per heavy atom. The predicted molar refractivity (Wildman–Crippen MR) is 62.9 cm³/mol. The molecule has 0 radical (unpaired) electrons. The summed E-state index contributed by atoms with van der Waals surface area (Å²) < 4.78 is 5.11. The summed E-state index contributed by atoms with van der Waals surface area (Å²) in [6, 6.07) is 5.71. The Hall–Kier alpha value is -1.51. The van der Waals surface area contributed by atoms with Gasteiger partial charge >= 0.3 is 5.97 Å². The standard InChI is InChI=1S/C13H18O3/c1-9-7-11(16-4)6-5-10(9)8-13(2,3)12(14)15/h5-7H,8H2,1-4H3,(H,14,15). The van der Waals surface area contributed by atoms with Crippen LogP contribution in [0.2, 0.25) is 0 Å². The molecule has 3 heteroatoms. The number of ether oxygens (including phenoxy) is 1. The van der Waals surface area contributed by atoms with Gasteiger partial charge in [0.2, 0.25) is 0 Å². The van der Waals surface area contributed by atoms with Crippen LogP contribution in [-0.4, -0.2) is 18.2 Å². The van der Waals surface area contributed by atoms with Crippen molar-refractivity contribution in [2.75, 3.05) is 7.11 Å². The zero-order chi connectivity index (χ0) is 12.3. The highest BCUT2D eigenvalue weighted by Gasteiger charge is 2.27. The number of benzene rings is 1. The second-order valence-corrected chi connectivity index (χ2v) is 4.66. The Morgan fingerprint density at radius 2 is 2.06 bits per heavy atom. The fourth-order valence-electron chi connectivity index (χ4n) is 1.55. The van der Waals surface area contributed by atoms with Crippen LogP contribution in [0.15, 0.2) is 18.2 Å². The third-order valence-electron chi connectivity index (χ3n) is 2.76. The molecule has 16 heavy (non-hydrogen) atoms. The van der Waals surface area contributed by atoms with Gasteiger partial charge in [0.05, 0.1) is 12.5 Å². The maximum Gasteiger partial charge on any atom is 0.309 e. The van der Waals surface area contributed by atoms with E-state index in [1.165, 1.54) is 0 Å². The zero-order valence-corrected chi connectivity index (χ0v) is 10.2. The van der Waals surface area contributed by atoms with Crippen molar-refractivity contribution in [3.63, 3.8) is 0 Å². The summed E-state index contributed by atoms with van der Waals surface area (Å²) in [5.74, 6) is 0.0251. The molecule has 0 heterocycles. The summed E-state index contributed by atoms with van der Waals surface area (Å²) >= 11 is 0. The van der Waals surface area contributed by atoms with E-state index in [0.29, 0.717) is 6.42 Å². The van der Waals surface area contributed by atoms with Crippen molar-refractivity contribution >= 4 is 5.97 Å². The minimum absolute atomic E-state index is 0.526. The SMILES string of the molecule is COc1ccc(CC(C)(C)C(=O)O)c(C)c1. The largest absolute Gasteiger partial charge is 0.497 e. The van der Waals surface area contributed by atoms with E-state index in [1.807, 2.05) is 25.1 Å². The summed E-state index contributed by atoms with van der Waals surface area (Å²) in [7, 11) is 1.62. The smallest absolute Gasteiger partial charge is 0.309 e. The molecule has 0 aliphatic heterocycles. The maximum absolute atomic E-state index is 11.0. The normalized spacial score (nSPS) is 11.2. The van der Waals surface area contributed by atoms with Crippen LogP contribution in [0.5, 0.6) is 5.75 Å². The number of carbonyl (C=O) groups is 1. The molecule has 0 unspecified atom stereocenters. The van der Waals surface area contributed by atoms with Gasteiger partial charge in [0, 0.05) is 0 Å². The molecule has 1 aromatic carbocycles. The molecule has 0 aliphatic carbocycles. The van der Waals surface area contributed by atoms with Gasteiger partial charge < -0.3 is 9.84 Å². The fraction of sp³-hybridized carbons (Fsp3) is 0.462. The van der Waals surface area contributed by atoms with Crippen LogP contribution in [0, 0.1) is 12.3 Å². The van der Waals surface area contributed by atoms with Gasteiger partial charge in [0.15, 0.2) is 0 Å². The highest BCUT2D eigenvalue weighted by atomic mass is 16.5. The zero-order valence-electron chi connectivity index (χ0n) is 10.2.